The van der Waals surface area contributed by atoms with Crippen LogP contribution in [0.25, 0.3) is 11.3 Å². The van der Waals surface area contributed by atoms with Gasteiger partial charge in [0.05, 0.1) is 18.3 Å². The van der Waals surface area contributed by atoms with Crippen LogP contribution in [0.2, 0.25) is 0 Å². The van der Waals surface area contributed by atoms with Gasteiger partial charge in [0, 0.05) is 28.4 Å². The van der Waals surface area contributed by atoms with Gasteiger partial charge in [-0.25, -0.2) is 4.98 Å². The number of thiazole rings is 1. The summed E-state index contributed by atoms with van der Waals surface area (Å²) in [7, 11) is 0. The number of rotatable bonds is 7. The predicted octanol–water partition coefficient (Wildman–Crippen LogP) is 5.78. The zero-order valence-corrected chi connectivity index (χ0v) is 18.6. The first kappa shape index (κ1) is 19.8. The lowest BCUT2D eigenvalue weighted by Crippen LogP contribution is -2.37. The van der Waals surface area contributed by atoms with E-state index in [0.717, 1.165) is 46.7 Å². The van der Waals surface area contributed by atoms with Gasteiger partial charge in [-0.1, -0.05) is 28.1 Å². The zero-order valence-electron chi connectivity index (χ0n) is 15.3. The highest BCUT2D eigenvalue weighted by molar-refractivity contribution is 9.10. The molecule has 3 aromatic rings. The Morgan fingerprint density at radius 2 is 2.11 bits per heavy atom. The highest BCUT2D eigenvalue weighted by Gasteiger charge is 2.25. The second kappa shape index (κ2) is 9.31. The van der Waals surface area contributed by atoms with E-state index in [4.69, 9.17) is 9.72 Å². The molecule has 1 amide bonds. The van der Waals surface area contributed by atoms with Gasteiger partial charge in [-0.15, -0.1) is 11.3 Å². The third-order valence-electron chi connectivity index (χ3n) is 4.78. The number of hydrogen-bond donors (Lipinski definition) is 0. The third-order valence-corrected chi connectivity index (χ3v) is 6.91. The molecule has 0 spiro atoms. The molecule has 1 aromatic carbocycles. The van der Waals surface area contributed by atoms with E-state index in [-0.39, 0.29) is 12.0 Å². The average Bonchev–Trinajstić information content (AvgIpc) is 3.47. The number of amides is 1. The van der Waals surface area contributed by atoms with E-state index in [2.05, 4.69) is 32.8 Å². The molecule has 146 valence electrons. The maximum absolute atomic E-state index is 13.1. The van der Waals surface area contributed by atoms with Crippen LogP contribution >= 0.6 is 38.6 Å². The first-order valence-electron chi connectivity index (χ1n) is 9.33. The molecular formula is C21H21BrN2O2S2. The smallest absolute Gasteiger partial charge is 0.229 e. The fourth-order valence-electron chi connectivity index (χ4n) is 3.24. The van der Waals surface area contributed by atoms with Crippen LogP contribution in [0, 0.1) is 0 Å². The fourth-order valence-corrected chi connectivity index (χ4v) is 5.07. The molecule has 28 heavy (non-hydrogen) atoms. The van der Waals surface area contributed by atoms with Crippen LogP contribution < -0.4 is 4.90 Å². The van der Waals surface area contributed by atoms with Crippen LogP contribution in [0.3, 0.4) is 0 Å². The van der Waals surface area contributed by atoms with Crippen molar-refractivity contribution in [3.63, 3.8) is 0 Å². The number of aryl methyl sites for hydroxylation is 1. The fraction of sp³-hybridized carbons (Fsp3) is 0.333. The number of thiophene rings is 1. The van der Waals surface area contributed by atoms with Crippen molar-refractivity contribution < 1.29 is 9.53 Å². The second-order valence-electron chi connectivity index (χ2n) is 6.79. The van der Waals surface area contributed by atoms with Crippen molar-refractivity contribution in [2.45, 2.75) is 31.8 Å². The van der Waals surface area contributed by atoms with Crippen molar-refractivity contribution in [2.75, 3.05) is 18.1 Å². The quantitative estimate of drug-likeness (QED) is 0.433. The molecule has 0 saturated carbocycles. The van der Waals surface area contributed by atoms with Gasteiger partial charge in [0.2, 0.25) is 5.91 Å². The van der Waals surface area contributed by atoms with Crippen LogP contribution in [0.5, 0.6) is 0 Å². The third kappa shape index (κ3) is 4.89. The standard InChI is InChI=1S/C21H21BrN2O2S2/c22-17-6-4-16(5-7-17)19-14-28-21(23-19)24(12-18-2-1-10-26-18)20(25)8-3-15-9-11-27-13-15/h4-7,9,11,13-14,18H,1-3,8,10,12H2/t18-/m0/s1. The lowest BCUT2D eigenvalue weighted by molar-refractivity contribution is -0.119. The molecule has 4 nitrogen and oxygen atoms in total. The lowest BCUT2D eigenvalue weighted by Gasteiger charge is -2.23. The van der Waals surface area contributed by atoms with E-state index in [1.54, 1.807) is 11.3 Å². The van der Waals surface area contributed by atoms with Gasteiger partial charge in [0.15, 0.2) is 5.13 Å². The minimum absolute atomic E-state index is 0.102. The second-order valence-corrected chi connectivity index (χ2v) is 9.33. The minimum atomic E-state index is 0.102. The van der Waals surface area contributed by atoms with Crippen LogP contribution in [0.1, 0.15) is 24.8 Å². The van der Waals surface area contributed by atoms with Gasteiger partial charge in [-0.2, -0.15) is 11.3 Å². The van der Waals surface area contributed by atoms with Gasteiger partial charge in [-0.05, 0) is 53.8 Å². The van der Waals surface area contributed by atoms with Gasteiger partial charge in [-0.3, -0.25) is 9.69 Å². The van der Waals surface area contributed by atoms with Crippen LogP contribution in [0.15, 0.2) is 50.9 Å². The first-order valence-corrected chi connectivity index (χ1v) is 11.9. The van der Waals surface area contributed by atoms with Crippen LogP contribution in [-0.4, -0.2) is 30.1 Å². The molecule has 7 heteroatoms. The molecule has 3 heterocycles. The van der Waals surface area contributed by atoms with Crippen LogP contribution in [0.4, 0.5) is 5.13 Å². The number of nitrogens with zero attached hydrogens (tertiary/aromatic N) is 2. The Labute approximate surface area is 181 Å². The molecule has 0 bridgehead atoms. The summed E-state index contributed by atoms with van der Waals surface area (Å²) in [5, 5.41) is 6.93. The highest BCUT2D eigenvalue weighted by Crippen LogP contribution is 2.30. The molecule has 0 N–H and O–H groups in total. The number of carbonyl (C=O) groups excluding carboxylic acids is 1. The summed E-state index contributed by atoms with van der Waals surface area (Å²) in [6.07, 6.45) is 3.40. The van der Waals surface area contributed by atoms with Crippen molar-refractivity contribution in [1.29, 1.82) is 0 Å². The number of aromatic nitrogens is 1. The van der Waals surface area contributed by atoms with Crippen molar-refractivity contribution in [2.24, 2.45) is 0 Å². The molecule has 2 aromatic heterocycles. The number of halogens is 1. The van der Waals surface area contributed by atoms with Gasteiger partial charge in [0.25, 0.3) is 0 Å². The van der Waals surface area contributed by atoms with Crippen molar-refractivity contribution in [3.8, 4) is 11.3 Å². The summed E-state index contributed by atoms with van der Waals surface area (Å²) in [4.78, 5) is 19.7. The number of hydrogen-bond acceptors (Lipinski definition) is 5. The molecule has 0 radical (unpaired) electrons. The van der Waals surface area contributed by atoms with Gasteiger partial charge < -0.3 is 4.74 Å². The van der Waals surface area contributed by atoms with Crippen molar-refractivity contribution >= 4 is 49.6 Å². The van der Waals surface area contributed by atoms with Crippen LogP contribution in [-0.2, 0) is 16.0 Å². The SMILES string of the molecule is O=C(CCc1ccsc1)N(C[C@@H]1CCCO1)c1nc(-c2ccc(Br)cc2)cs1. The Morgan fingerprint density at radius 1 is 1.25 bits per heavy atom. The Hall–Kier alpha value is -1.54. The number of anilines is 1. The van der Waals surface area contributed by atoms with E-state index in [1.807, 2.05) is 34.5 Å². The maximum atomic E-state index is 13.1. The molecular weight excluding hydrogens is 456 g/mol. The normalized spacial score (nSPS) is 16.4. The molecule has 1 atom stereocenters. The summed E-state index contributed by atoms with van der Waals surface area (Å²) < 4.78 is 6.83. The first-order chi connectivity index (χ1) is 13.7. The van der Waals surface area contributed by atoms with E-state index in [0.29, 0.717) is 13.0 Å². The van der Waals surface area contributed by atoms with Gasteiger partial charge >= 0.3 is 0 Å². The van der Waals surface area contributed by atoms with Gasteiger partial charge in [0.1, 0.15) is 0 Å². The van der Waals surface area contributed by atoms with E-state index >= 15 is 0 Å². The average molecular weight is 477 g/mol. The van der Waals surface area contributed by atoms with E-state index in [1.165, 1.54) is 16.9 Å². The molecule has 0 unspecified atom stereocenters. The summed E-state index contributed by atoms with van der Waals surface area (Å²) >= 11 is 6.65. The Morgan fingerprint density at radius 3 is 2.82 bits per heavy atom. The number of benzene rings is 1. The number of carbonyl (C=O) groups is 1. The molecule has 1 saturated heterocycles. The highest BCUT2D eigenvalue weighted by atomic mass is 79.9. The molecule has 1 fully saturated rings. The monoisotopic (exact) mass is 476 g/mol. The summed E-state index contributed by atoms with van der Waals surface area (Å²) in [5.41, 5.74) is 3.16. The largest absolute Gasteiger partial charge is 0.376 e. The van der Waals surface area contributed by atoms with Crippen molar-refractivity contribution in [1.82, 2.24) is 4.98 Å². The Balaban J connectivity index is 1.52. The van der Waals surface area contributed by atoms with E-state index < -0.39 is 0 Å². The molecule has 1 aliphatic rings. The van der Waals surface area contributed by atoms with Crippen molar-refractivity contribution in [3.05, 3.63) is 56.5 Å². The summed E-state index contributed by atoms with van der Waals surface area (Å²) in [6, 6.07) is 10.2. The molecule has 0 aliphatic carbocycles. The zero-order chi connectivity index (χ0) is 19.3. The predicted molar refractivity (Wildman–Crippen MR) is 119 cm³/mol. The topological polar surface area (TPSA) is 42.4 Å². The van der Waals surface area contributed by atoms with E-state index in [9.17, 15) is 4.79 Å². The Kier molecular flexibility index (Phi) is 6.57. The molecule has 1 aliphatic heterocycles. The Bertz CT molecular complexity index is 903. The summed E-state index contributed by atoms with van der Waals surface area (Å²) in [6.45, 7) is 1.36. The molecule has 4 rings (SSSR count). The number of ether oxygens (including phenoxy) is 1. The summed E-state index contributed by atoms with van der Waals surface area (Å²) in [5.74, 6) is 0.110. The maximum Gasteiger partial charge on any atom is 0.229 e. The minimum Gasteiger partial charge on any atom is -0.376 e. The lowest BCUT2D eigenvalue weighted by atomic mass is 10.1.